The van der Waals surface area contributed by atoms with Crippen LogP contribution in [0.15, 0.2) is 24.3 Å². The lowest BCUT2D eigenvalue weighted by molar-refractivity contribution is -0.272. The molecule has 0 aromatic heterocycles. The maximum atomic E-state index is 12.4. The first-order chi connectivity index (χ1) is 9.44. The fourth-order valence-corrected chi connectivity index (χ4v) is 1.59. The summed E-state index contributed by atoms with van der Waals surface area (Å²) in [5.41, 5.74) is -0.595. The topological polar surface area (TPSA) is 46.2 Å². The van der Waals surface area contributed by atoms with Gasteiger partial charge in [-0.1, -0.05) is 12.1 Å². The number of rotatable bonds is 3. The predicted octanol–water partition coefficient (Wildman–Crippen LogP) is 3.57. The number of nitrogens with one attached hydrogen (secondary N) is 1. The molecule has 0 aliphatic heterocycles. The lowest BCUT2D eigenvalue weighted by Gasteiger charge is -2.22. The highest BCUT2D eigenvalue weighted by Crippen LogP contribution is 2.40. The molecule has 0 bridgehead atoms. The molecule has 0 atom stereocenters. The van der Waals surface area contributed by atoms with Gasteiger partial charge in [-0.25, -0.2) is 0 Å². The zero-order valence-corrected chi connectivity index (χ0v) is 10.5. The maximum Gasteiger partial charge on any atom is 0.409 e. The molecule has 3 nitrogen and oxygen atoms in total. The number of Topliss-reactive ketones (excluding diaryl/α,β-unsaturated/α-hetero) is 1. The van der Waals surface area contributed by atoms with Crippen molar-refractivity contribution in [2.24, 2.45) is 5.92 Å². The summed E-state index contributed by atoms with van der Waals surface area (Å²) in [6.07, 6.45) is -11.6. The molecule has 1 N–H and O–H groups in total. The van der Waals surface area contributed by atoms with Crippen LogP contribution in [0.25, 0.3) is 0 Å². The van der Waals surface area contributed by atoms with Gasteiger partial charge < -0.3 is 5.32 Å². The second-order valence-corrected chi connectivity index (χ2v) is 4.11. The molecule has 1 amide bonds. The van der Waals surface area contributed by atoms with E-state index in [1.165, 1.54) is 23.5 Å². The van der Waals surface area contributed by atoms with Crippen LogP contribution >= 0.6 is 0 Å². The van der Waals surface area contributed by atoms with Crippen molar-refractivity contribution in [1.82, 2.24) is 0 Å². The molecular weight excluding hydrogens is 304 g/mol. The van der Waals surface area contributed by atoms with Crippen molar-refractivity contribution in [3.8, 4) is 0 Å². The maximum absolute atomic E-state index is 12.4. The van der Waals surface area contributed by atoms with Gasteiger partial charge >= 0.3 is 12.4 Å². The summed E-state index contributed by atoms with van der Waals surface area (Å²) in [6, 6.07) is 4.84. The minimum atomic E-state index is -5.78. The number of carbonyl (C=O) groups excluding carboxylic acids is 2. The van der Waals surface area contributed by atoms with E-state index in [2.05, 4.69) is 0 Å². The Labute approximate surface area is 114 Å². The van der Waals surface area contributed by atoms with Gasteiger partial charge in [-0.3, -0.25) is 9.59 Å². The molecule has 1 rings (SSSR count). The summed E-state index contributed by atoms with van der Waals surface area (Å²) >= 11 is 0. The van der Waals surface area contributed by atoms with Gasteiger partial charge in [-0.15, -0.1) is 0 Å². The van der Waals surface area contributed by atoms with Crippen molar-refractivity contribution in [2.75, 3.05) is 5.32 Å². The Balaban J connectivity index is 3.12. The highest BCUT2D eigenvalue weighted by Gasteiger charge is 2.61. The average molecular weight is 313 g/mol. The van der Waals surface area contributed by atoms with Crippen molar-refractivity contribution in [1.29, 1.82) is 0 Å². The Morgan fingerprint density at radius 3 is 1.90 bits per heavy atom. The van der Waals surface area contributed by atoms with Gasteiger partial charge in [-0.2, -0.15) is 26.3 Å². The van der Waals surface area contributed by atoms with E-state index in [1.54, 1.807) is 0 Å². The van der Waals surface area contributed by atoms with E-state index in [1.807, 2.05) is 0 Å². The van der Waals surface area contributed by atoms with E-state index < -0.39 is 35.6 Å². The van der Waals surface area contributed by atoms with Gasteiger partial charge in [0.2, 0.25) is 11.8 Å². The predicted molar refractivity (Wildman–Crippen MR) is 60.7 cm³/mol. The Bertz CT molecular complexity index is 535. The van der Waals surface area contributed by atoms with Gasteiger partial charge in [0.05, 0.1) is 5.69 Å². The van der Waals surface area contributed by atoms with E-state index in [4.69, 9.17) is 0 Å². The highest BCUT2D eigenvalue weighted by molar-refractivity contribution is 6.04. The van der Waals surface area contributed by atoms with Gasteiger partial charge in [-0.05, 0) is 19.1 Å². The van der Waals surface area contributed by atoms with E-state index in [0.717, 1.165) is 13.0 Å². The molecule has 0 heterocycles. The Morgan fingerprint density at radius 2 is 1.48 bits per heavy atom. The second-order valence-electron chi connectivity index (χ2n) is 4.11. The SMILES string of the molecule is CC(=O)c1ccccc1NC(=O)C(C(F)(F)F)C(F)(F)F. The number of ketones is 1. The first-order valence-corrected chi connectivity index (χ1v) is 5.49. The third-order valence-electron chi connectivity index (χ3n) is 2.48. The fourth-order valence-electron chi connectivity index (χ4n) is 1.59. The largest absolute Gasteiger partial charge is 0.409 e. The molecule has 9 heteroatoms. The number of hydrogen-bond donors (Lipinski definition) is 1. The summed E-state index contributed by atoms with van der Waals surface area (Å²) in [6.45, 7) is 1.07. The van der Waals surface area contributed by atoms with Crippen LogP contribution in [0.3, 0.4) is 0 Å². The zero-order valence-electron chi connectivity index (χ0n) is 10.5. The number of para-hydroxylation sites is 1. The van der Waals surface area contributed by atoms with Gasteiger partial charge in [0, 0.05) is 5.56 Å². The minimum absolute atomic E-state index is 0.186. The lowest BCUT2D eigenvalue weighted by Crippen LogP contribution is -2.45. The third-order valence-corrected chi connectivity index (χ3v) is 2.48. The second kappa shape index (κ2) is 5.74. The molecule has 0 aliphatic carbocycles. The Kier molecular flexibility index (Phi) is 4.65. The molecule has 1 aromatic rings. The summed E-state index contributed by atoms with van der Waals surface area (Å²) in [5.74, 6) is -7.06. The van der Waals surface area contributed by atoms with Crippen LogP contribution in [0, 0.1) is 5.92 Å². The van der Waals surface area contributed by atoms with Crippen LogP contribution in [-0.2, 0) is 4.79 Å². The van der Waals surface area contributed by atoms with Crippen LogP contribution in [0.4, 0.5) is 32.0 Å². The van der Waals surface area contributed by atoms with Crippen molar-refractivity contribution in [3.63, 3.8) is 0 Å². The molecule has 0 fully saturated rings. The third kappa shape index (κ3) is 4.20. The normalized spacial score (nSPS) is 12.4. The van der Waals surface area contributed by atoms with Crippen molar-refractivity contribution >= 4 is 17.4 Å². The van der Waals surface area contributed by atoms with E-state index in [-0.39, 0.29) is 5.56 Å². The first-order valence-electron chi connectivity index (χ1n) is 5.49. The van der Waals surface area contributed by atoms with E-state index in [0.29, 0.717) is 0 Å². The molecule has 116 valence electrons. The Morgan fingerprint density at radius 1 is 1.00 bits per heavy atom. The van der Waals surface area contributed by atoms with Crippen LogP contribution in [0.1, 0.15) is 17.3 Å². The van der Waals surface area contributed by atoms with Crippen LogP contribution < -0.4 is 5.32 Å². The molecule has 0 saturated heterocycles. The van der Waals surface area contributed by atoms with Crippen LogP contribution in [-0.4, -0.2) is 24.0 Å². The number of amides is 1. The molecule has 21 heavy (non-hydrogen) atoms. The number of alkyl halides is 6. The number of hydrogen-bond acceptors (Lipinski definition) is 2. The van der Waals surface area contributed by atoms with Crippen molar-refractivity contribution in [2.45, 2.75) is 19.3 Å². The molecule has 1 aromatic carbocycles. The summed E-state index contributed by atoms with van der Waals surface area (Å²) in [4.78, 5) is 22.5. The average Bonchev–Trinajstić information content (AvgIpc) is 2.24. The number of benzene rings is 1. The van der Waals surface area contributed by atoms with E-state index in [9.17, 15) is 35.9 Å². The quantitative estimate of drug-likeness (QED) is 0.685. The zero-order chi connectivity index (χ0) is 16.4. The van der Waals surface area contributed by atoms with Gasteiger partial charge in [0.15, 0.2) is 5.78 Å². The molecule has 0 spiro atoms. The highest BCUT2D eigenvalue weighted by atomic mass is 19.4. The van der Waals surface area contributed by atoms with Crippen LogP contribution in [0.2, 0.25) is 0 Å². The lowest BCUT2D eigenvalue weighted by atomic mass is 10.1. The molecular formula is C12H9F6NO2. The molecule has 0 aliphatic rings. The van der Waals surface area contributed by atoms with Gasteiger partial charge in [0.25, 0.3) is 0 Å². The Hall–Kier alpha value is -2.06. The minimum Gasteiger partial charge on any atom is -0.325 e. The molecule has 0 unspecified atom stereocenters. The fraction of sp³-hybridized carbons (Fsp3) is 0.333. The van der Waals surface area contributed by atoms with Gasteiger partial charge in [0.1, 0.15) is 0 Å². The molecule has 0 saturated carbocycles. The number of carbonyl (C=O) groups is 2. The summed E-state index contributed by atoms with van der Waals surface area (Å²) in [7, 11) is 0. The molecule has 0 radical (unpaired) electrons. The smallest absolute Gasteiger partial charge is 0.325 e. The monoisotopic (exact) mass is 313 g/mol. The van der Waals surface area contributed by atoms with Crippen molar-refractivity contribution in [3.05, 3.63) is 29.8 Å². The first kappa shape index (κ1) is 17.0. The van der Waals surface area contributed by atoms with E-state index >= 15 is 0 Å². The summed E-state index contributed by atoms with van der Waals surface area (Å²) < 4.78 is 74.3. The number of anilines is 1. The summed E-state index contributed by atoms with van der Waals surface area (Å²) in [5, 5.41) is 1.51. The van der Waals surface area contributed by atoms with Crippen molar-refractivity contribution < 1.29 is 35.9 Å². The number of halogens is 6. The standard InChI is InChI=1S/C12H9F6NO2/c1-6(20)7-4-2-3-5-8(7)19-10(21)9(11(13,14)15)12(16,17)18/h2-5,9H,1H3,(H,19,21). The van der Waals surface area contributed by atoms with Crippen LogP contribution in [0.5, 0.6) is 0 Å².